The van der Waals surface area contributed by atoms with Gasteiger partial charge in [-0.05, 0) is 18.6 Å². The van der Waals surface area contributed by atoms with Gasteiger partial charge in [0, 0.05) is 18.2 Å². The normalized spacial score (nSPS) is 11.5. The van der Waals surface area contributed by atoms with E-state index in [4.69, 9.17) is 16.6 Å². The molecule has 1 aromatic carbocycles. The quantitative estimate of drug-likeness (QED) is 0.215. The molecule has 0 aliphatic carbocycles. The zero-order chi connectivity index (χ0) is 16.9. The van der Waals surface area contributed by atoms with Gasteiger partial charge in [-0.25, -0.2) is 4.79 Å². The van der Waals surface area contributed by atoms with Crippen molar-refractivity contribution in [3.63, 3.8) is 0 Å². The Morgan fingerprint density at radius 3 is 2.55 bits per heavy atom. The molecule has 0 amide bonds. The molecule has 5 N–H and O–H groups in total. The summed E-state index contributed by atoms with van der Waals surface area (Å²) in [5.41, 5.74) is 9.67. The van der Waals surface area contributed by atoms with E-state index in [0.717, 1.165) is 12.1 Å². The summed E-state index contributed by atoms with van der Waals surface area (Å²) in [7, 11) is 0. The summed E-state index contributed by atoms with van der Waals surface area (Å²) in [6.07, 6.45) is -0.657. The minimum Gasteiger partial charge on any atom is -0.480 e. The van der Waals surface area contributed by atoms with Gasteiger partial charge in [-0.1, -0.05) is 0 Å². The van der Waals surface area contributed by atoms with E-state index < -0.39 is 46.5 Å². The van der Waals surface area contributed by atoms with Gasteiger partial charge in [0.15, 0.2) is 0 Å². The van der Waals surface area contributed by atoms with Crippen LogP contribution >= 0.6 is 0 Å². The molecule has 0 bridgehead atoms. The number of hydrogen-bond acceptors (Lipinski definition) is 8. The Bertz CT molecular complexity index is 629. The molecule has 22 heavy (non-hydrogen) atoms. The van der Waals surface area contributed by atoms with Crippen molar-refractivity contribution in [2.24, 2.45) is 5.73 Å². The third kappa shape index (κ3) is 4.52. The molecule has 0 spiro atoms. The van der Waals surface area contributed by atoms with Crippen LogP contribution in [-0.2, 0) is 14.3 Å². The zero-order valence-corrected chi connectivity index (χ0v) is 11.2. The van der Waals surface area contributed by atoms with E-state index >= 15 is 0 Å². The van der Waals surface area contributed by atoms with Gasteiger partial charge in [0.05, 0.1) is 4.92 Å². The van der Waals surface area contributed by atoms with Crippen molar-refractivity contribution in [2.45, 2.75) is 18.9 Å². The Kier molecular flexibility index (Phi) is 5.52. The summed E-state index contributed by atoms with van der Waals surface area (Å²) in [5, 5.41) is 19.4. The summed E-state index contributed by atoms with van der Waals surface area (Å²) in [4.78, 5) is 43.7. The number of carboxylic acid groups (broad SMARTS) is 1. The summed E-state index contributed by atoms with van der Waals surface area (Å²) < 4.78 is 4.43. The van der Waals surface area contributed by atoms with E-state index in [9.17, 15) is 24.5 Å². The molecule has 0 radical (unpaired) electrons. The maximum absolute atomic E-state index is 11.8. The number of hydrogen-bond donors (Lipinski definition) is 3. The number of nitro benzene ring substituents is 1. The number of benzene rings is 1. The van der Waals surface area contributed by atoms with Crippen molar-refractivity contribution in [3.8, 4) is 0 Å². The van der Waals surface area contributed by atoms with Crippen LogP contribution in [0.25, 0.3) is 0 Å². The van der Waals surface area contributed by atoms with E-state index in [1.54, 1.807) is 0 Å². The van der Waals surface area contributed by atoms with Gasteiger partial charge in [-0.3, -0.25) is 19.7 Å². The molecule has 0 unspecified atom stereocenters. The van der Waals surface area contributed by atoms with Crippen molar-refractivity contribution >= 4 is 29.3 Å². The first kappa shape index (κ1) is 17.0. The monoisotopic (exact) mass is 311 g/mol. The van der Waals surface area contributed by atoms with Crippen molar-refractivity contribution in [2.75, 3.05) is 5.73 Å². The van der Waals surface area contributed by atoms with Gasteiger partial charge in [-0.2, -0.15) is 0 Å². The largest absolute Gasteiger partial charge is 0.480 e. The van der Waals surface area contributed by atoms with Gasteiger partial charge >= 0.3 is 17.9 Å². The lowest BCUT2D eigenvalue weighted by atomic mass is 10.1. The Morgan fingerprint density at radius 1 is 1.36 bits per heavy atom. The first-order valence-corrected chi connectivity index (χ1v) is 5.99. The Balaban J connectivity index is 2.77. The van der Waals surface area contributed by atoms with Crippen LogP contribution in [-0.4, -0.2) is 34.0 Å². The lowest BCUT2D eigenvalue weighted by Gasteiger charge is -2.06. The summed E-state index contributed by atoms with van der Waals surface area (Å²) in [6, 6.07) is 1.97. The Hall–Kier alpha value is -3.01. The van der Waals surface area contributed by atoms with Crippen molar-refractivity contribution < 1.29 is 29.2 Å². The molecule has 118 valence electrons. The maximum Gasteiger partial charge on any atom is 0.352 e. The Labute approximate surface area is 123 Å². The second-order valence-electron chi connectivity index (χ2n) is 4.28. The van der Waals surface area contributed by atoms with Crippen LogP contribution in [0.3, 0.4) is 0 Å². The number of nitrogens with two attached hydrogens (primary N) is 2. The molecule has 10 nitrogen and oxygen atoms in total. The minimum atomic E-state index is -1.30. The second kappa shape index (κ2) is 7.13. The van der Waals surface area contributed by atoms with Gasteiger partial charge < -0.3 is 21.3 Å². The number of rotatable bonds is 6. The molecule has 0 aliphatic heterocycles. The number of esters is 2. The molecular weight excluding hydrogens is 298 g/mol. The van der Waals surface area contributed by atoms with Crippen LogP contribution in [0.5, 0.6) is 0 Å². The van der Waals surface area contributed by atoms with Crippen LogP contribution in [0.2, 0.25) is 0 Å². The average Bonchev–Trinajstić information content (AvgIpc) is 2.43. The average molecular weight is 311 g/mol. The molecule has 1 aromatic rings. The number of ether oxygens (including phenoxy) is 1. The van der Waals surface area contributed by atoms with Crippen LogP contribution in [0.4, 0.5) is 11.4 Å². The number of nitrogen functional groups attached to an aromatic ring is 1. The Morgan fingerprint density at radius 2 is 2.00 bits per heavy atom. The molecule has 0 aromatic heterocycles. The molecule has 0 saturated heterocycles. The number of carboxylic acids is 1. The predicted molar refractivity (Wildman–Crippen MR) is 72.8 cm³/mol. The molecule has 0 saturated carbocycles. The summed E-state index contributed by atoms with van der Waals surface area (Å²) >= 11 is 0. The minimum absolute atomic E-state index is 0.0814. The van der Waals surface area contributed by atoms with Crippen molar-refractivity contribution in [1.82, 2.24) is 0 Å². The van der Waals surface area contributed by atoms with Crippen LogP contribution in [0.15, 0.2) is 18.2 Å². The molecular formula is C12H13N3O7. The molecule has 1 atom stereocenters. The van der Waals surface area contributed by atoms with Gasteiger partial charge in [0.1, 0.15) is 11.6 Å². The fraction of sp³-hybridized carbons (Fsp3) is 0.250. The first-order valence-electron chi connectivity index (χ1n) is 5.99. The van der Waals surface area contributed by atoms with Crippen molar-refractivity contribution in [1.29, 1.82) is 0 Å². The molecule has 10 heteroatoms. The lowest BCUT2D eigenvalue weighted by Crippen LogP contribution is -2.31. The number of anilines is 1. The maximum atomic E-state index is 11.8. The number of nitrogens with zero attached hydrogens (tertiary/aromatic N) is 1. The van der Waals surface area contributed by atoms with Crippen LogP contribution in [0.1, 0.15) is 23.2 Å². The highest BCUT2D eigenvalue weighted by Crippen LogP contribution is 2.22. The van der Waals surface area contributed by atoms with E-state index in [2.05, 4.69) is 4.74 Å². The number of carbonyl (C=O) groups is 3. The topological polar surface area (TPSA) is 176 Å². The lowest BCUT2D eigenvalue weighted by molar-refractivity contribution is -0.385. The van der Waals surface area contributed by atoms with Gasteiger partial charge in [-0.15, -0.1) is 0 Å². The number of carbonyl (C=O) groups excluding carboxylic acids is 2. The predicted octanol–water partition coefficient (Wildman–Crippen LogP) is 0.0525. The first-order chi connectivity index (χ1) is 10.2. The van der Waals surface area contributed by atoms with E-state index in [1.807, 2.05) is 0 Å². The van der Waals surface area contributed by atoms with E-state index in [-0.39, 0.29) is 12.1 Å². The highest BCUT2D eigenvalue weighted by atomic mass is 16.6. The number of nitro groups is 1. The van der Waals surface area contributed by atoms with Crippen LogP contribution < -0.4 is 11.5 Å². The highest BCUT2D eigenvalue weighted by molar-refractivity contribution is 6.00. The number of aliphatic carboxylic acids is 1. The van der Waals surface area contributed by atoms with E-state index in [1.165, 1.54) is 6.07 Å². The van der Waals surface area contributed by atoms with Crippen LogP contribution in [0, 0.1) is 10.1 Å². The SMILES string of the molecule is Nc1ccc([N+](=O)[O-])c(C(=O)OC(=O)CC[C@H](N)C(=O)O)c1. The van der Waals surface area contributed by atoms with E-state index in [0.29, 0.717) is 0 Å². The smallest absolute Gasteiger partial charge is 0.352 e. The fourth-order valence-corrected chi connectivity index (χ4v) is 1.48. The third-order valence-electron chi connectivity index (χ3n) is 2.62. The third-order valence-corrected chi connectivity index (χ3v) is 2.62. The molecule has 1 rings (SSSR count). The fourth-order valence-electron chi connectivity index (χ4n) is 1.48. The molecule has 0 aliphatic rings. The summed E-state index contributed by atoms with van der Waals surface area (Å²) in [6.45, 7) is 0. The highest BCUT2D eigenvalue weighted by Gasteiger charge is 2.24. The second-order valence-corrected chi connectivity index (χ2v) is 4.28. The standard InChI is InChI=1S/C12H13N3O7/c13-6-1-3-9(15(20)21)7(5-6)12(19)22-10(16)4-2-8(14)11(17)18/h1,3,5,8H,2,4,13-14H2,(H,17,18)/t8-/m0/s1. The van der Waals surface area contributed by atoms with Gasteiger partial charge in [0.2, 0.25) is 0 Å². The molecule has 0 heterocycles. The summed E-state index contributed by atoms with van der Waals surface area (Å²) in [5.74, 6) is -3.59. The van der Waals surface area contributed by atoms with Crippen molar-refractivity contribution in [3.05, 3.63) is 33.9 Å². The zero-order valence-electron chi connectivity index (χ0n) is 11.2. The molecule has 0 fully saturated rings. The van der Waals surface area contributed by atoms with Gasteiger partial charge in [0.25, 0.3) is 5.69 Å².